The average Bonchev–Trinajstić information content (AvgIpc) is 2.89. The third-order valence-electron chi connectivity index (χ3n) is 3.45. The molecule has 0 unspecified atom stereocenters. The molecule has 0 aliphatic carbocycles. The van der Waals surface area contributed by atoms with Crippen LogP contribution in [0, 0.1) is 0 Å². The van der Waals surface area contributed by atoms with Gasteiger partial charge in [-0.3, -0.25) is 4.79 Å². The van der Waals surface area contributed by atoms with Crippen molar-refractivity contribution >= 4 is 11.6 Å². The van der Waals surface area contributed by atoms with Crippen molar-refractivity contribution in [2.45, 2.75) is 13.0 Å². The van der Waals surface area contributed by atoms with Crippen molar-refractivity contribution in [2.24, 2.45) is 0 Å². The van der Waals surface area contributed by atoms with Gasteiger partial charge in [0, 0.05) is 24.3 Å². The number of carbonyl (C=O) groups is 1. The number of hydrogen-bond acceptors (Lipinski definition) is 3. The van der Waals surface area contributed by atoms with Crippen LogP contribution in [-0.2, 0) is 17.8 Å². The minimum Gasteiger partial charge on any atom is -0.492 e. The zero-order chi connectivity index (χ0) is 14.5. The smallest absolute Gasteiger partial charge is 0.229 e. The molecule has 0 bridgehead atoms. The number of anilines is 1. The predicted octanol–water partition coefficient (Wildman–Crippen LogP) is 2.35. The summed E-state index contributed by atoms with van der Waals surface area (Å²) >= 11 is 0. The normalized spacial score (nSPS) is 12.9. The van der Waals surface area contributed by atoms with Crippen LogP contribution >= 0.6 is 0 Å². The Kier molecular flexibility index (Phi) is 4.17. The Morgan fingerprint density at radius 3 is 2.81 bits per heavy atom. The second-order valence-corrected chi connectivity index (χ2v) is 5.02. The van der Waals surface area contributed by atoms with Gasteiger partial charge in [-0.15, -0.1) is 0 Å². The quantitative estimate of drug-likeness (QED) is 0.800. The summed E-state index contributed by atoms with van der Waals surface area (Å²) in [6, 6.07) is 16.0. The molecule has 1 aliphatic heterocycles. The van der Waals surface area contributed by atoms with Gasteiger partial charge in [0.05, 0.1) is 6.42 Å². The maximum atomic E-state index is 11.4. The van der Waals surface area contributed by atoms with Crippen LogP contribution in [0.15, 0.2) is 48.5 Å². The lowest BCUT2D eigenvalue weighted by atomic mass is 10.1. The number of rotatable bonds is 6. The van der Waals surface area contributed by atoms with Crippen LogP contribution < -0.4 is 15.4 Å². The highest BCUT2D eigenvalue weighted by Crippen LogP contribution is 2.31. The van der Waals surface area contributed by atoms with Crippen molar-refractivity contribution in [2.75, 3.05) is 18.5 Å². The number of ether oxygens (including phenoxy) is 1. The van der Waals surface area contributed by atoms with E-state index >= 15 is 0 Å². The fourth-order valence-corrected chi connectivity index (χ4v) is 2.42. The summed E-state index contributed by atoms with van der Waals surface area (Å²) in [5.74, 6) is 0.829. The molecule has 2 aromatic rings. The molecule has 0 atom stereocenters. The fraction of sp³-hybridized carbons (Fsp3) is 0.235. The molecule has 108 valence electrons. The van der Waals surface area contributed by atoms with Gasteiger partial charge in [0.2, 0.25) is 5.91 Å². The van der Waals surface area contributed by atoms with Gasteiger partial charge in [0.1, 0.15) is 12.4 Å². The Morgan fingerprint density at radius 1 is 1.10 bits per heavy atom. The van der Waals surface area contributed by atoms with E-state index in [0.717, 1.165) is 30.1 Å². The molecule has 21 heavy (non-hydrogen) atoms. The Hall–Kier alpha value is -2.33. The lowest BCUT2D eigenvalue weighted by Gasteiger charge is -2.10. The zero-order valence-electron chi connectivity index (χ0n) is 11.8. The molecule has 2 N–H and O–H groups in total. The Labute approximate surface area is 124 Å². The van der Waals surface area contributed by atoms with Crippen LogP contribution in [0.3, 0.4) is 0 Å². The molecule has 4 nitrogen and oxygen atoms in total. The average molecular weight is 282 g/mol. The van der Waals surface area contributed by atoms with E-state index in [0.29, 0.717) is 13.0 Å². The predicted molar refractivity (Wildman–Crippen MR) is 82.4 cm³/mol. The molecule has 1 aliphatic rings. The van der Waals surface area contributed by atoms with E-state index < -0.39 is 0 Å². The lowest BCUT2D eigenvalue weighted by Crippen LogP contribution is -2.20. The summed E-state index contributed by atoms with van der Waals surface area (Å²) in [4.78, 5) is 11.4. The largest absolute Gasteiger partial charge is 0.492 e. The van der Waals surface area contributed by atoms with E-state index in [1.165, 1.54) is 5.56 Å². The van der Waals surface area contributed by atoms with E-state index in [-0.39, 0.29) is 5.91 Å². The molecule has 1 heterocycles. The van der Waals surface area contributed by atoms with Crippen LogP contribution in [0.2, 0.25) is 0 Å². The first-order valence-electron chi connectivity index (χ1n) is 7.12. The lowest BCUT2D eigenvalue weighted by molar-refractivity contribution is -0.115. The van der Waals surface area contributed by atoms with Crippen LogP contribution in [0.1, 0.15) is 11.1 Å². The summed E-state index contributed by atoms with van der Waals surface area (Å²) in [6.07, 6.45) is 0.406. The van der Waals surface area contributed by atoms with Crippen LogP contribution in [0.25, 0.3) is 0 Å². The topological polar surface area (TPSA) is 50.4 Å². The molecule has 0 spiro atoms. The van der Waals surface area contributed by atoms with Crippen molar-refractivity contribution in [1.82, 2.24) is 5.32 Å². The first-order valence-corrected chi connectivity index (χ1v) is 7.12. The van der Waals surface area contributed by atoms with Crippen LogP contribution in [0.4, 0.5) is 5.69 Å². The Balaban J connectivity index is 1.46. The molecule has 0 fully saturated rings. The van der Waals surface area contributed by atoms with E-state index in [4.69, 9.17) is 4.74 Å². The molecule has 0 radical (unpaired) electrons. The molecular weight excluding hydrogens is 264 g/mol. The van der Waals surface area contributed by atoms with E-state index in [1.54, 1.807) is 0 Å². The number of fused-ring (bicyclic) bond motifs is 1. The third-order valence-corrected chi connectivity index (χ3v) is 3.45. The molecule has 1 amide bonds. The number of nitrogens with one attached hydrogen (secondary N) is 2. The number of benzene rings is 2. The molecule has 4 heteroatoms. The van der Waals surface area contributed by atoms with Gasteiger partial charge in [-0.05, 0) is 17.7 Å². The van der Waals surface area contributed by atoms with Crippen molar-refractivity contribution in [3.8, 4) is 5.75 Å². The highest BCUT2D eigenvalue weighted by atomic mass is 16.5. The van der Waals surface area contributed by atoms with E-state index in [9.17, 15) is 4.79 Å². The van der Waals surface area contributed by atoms with Crippen molar-refractivity contribution < 1.29 is 9.53 Å². The SMILES string of the molecule is O=C1Cc2c(cccc2OCCNCc2ccccc2)N1. The first kappa shape index (κ1) is 13.6. The summed E-state index contributed by atoms with van der Waals surface area (Å²) in [6.45, 7) is 2.18. The minimum atomic E-state index is 0.0308. The number of amides is 1. The zero-order valence-corrected chi connectivity index (χ0v) is 11.8. The van der Waals surface area contributed by atoms with Gasteiger partial charge in [-0.1, -0.05) is 36.4 Å². The van der Waals surface area contributed by atoms with Gasteiger partial charge in [0.25, 0.3) is 0 Å². The maximum absolute atomic E-state index is 11.4. The second kappa shape index (κ2) is 6.41. The van der Waals surface area contributed by atoms with Gasteiger partial charge >= 0.3 is 0 Å². The highest BCUT2D eigenvalue weighted by molar-refractivity contribution is 6.00. The molecular formula is C17H18N2O2. The van der Waals surface area contributed by atoms with E-state index in [2.05, 4.69) is 22.8 Å². The summed E-state index contributed by atoms with van der Waals surface area (Å²) in [7, 11) is 0. The first-order chi connectivity index (χ1) is 10.3. The molecule has 0 aromatic heterocycles. The minimum absolute atomic E-state index is 0.0308. The van der Waals surface area contributed by atoms with Gasteiger partial charge in [-0.25, -0.2) is 0 Å². The summed E-state index contributed by atoms with van der Waals surface area (Å²) in [5.41, 5.74) is 3.09. The van der Waals surface area contributed by atoms with Crippen LogP contribution in [-0.4, -0.2) is 19.1 Å². The molecule has 3 rings (SSSR count). The van der Waals surface area contributed by atoms with E-state index in [1.807, 2.05) is 36.4 Å². The summed E-state index contributed by atoms with van der Waals surface area (Å²) in [5, 5.41) is 6.17. The molecule has 0 saturated carbocycles. The number of carbonyl (C=O) groups excluding carboxylic acids is 1. The highest BCUT2D eigenvalue weighted by Gasteiger charge is 2.20. The standard InChI is InChI=1S/C17H18N2O2/c20-17-11-14-15(19-17)7-4-8-16(14)21-10-9-18-12-13-5-2-1-3-6-13/h1-8,18H,9-12H2,(H,19,20). The van der Waals surface area contributed by atoms with Crippen LogP contribution in [0.5, 0.6) is 5.75 Å². The van der Waals surface area contributed by atoms with Crippen molar-refractivity contribution in [3.05, 3.63) is 59.7 Å². The Bertz CT molecular complexity index is 626. The molecule has 0 saturated heterocycles. The van der Waals surface area contributed by atoms with Crippen molar-refractivity contribution in [1.29, 1.82) is 0 Å². The van der Waals surface area contributed by atoms with Gasteiger partial charge in [-0.2, -0.15) is 0 Å². The van der Waals surface area contributed by atoms with Gasteiger partial charge in [0.15, 0.2) is 0 Å². The Morgan fingerprint density at radius 2 is 1.95 bits per heavy atom. The molecule has 2 aromatic carbocycles. The van der Waals surface area contributed by atoms with Gasteiger partial charge < -0.3 is 15.4 Å². The monoisotopic (exact) mass is 282 g/mol. The second-order valence-electron chi connectivity index (χ2n) is 5.02. The summed E-state index contributed by atoms with van der Waals surface area (Å²) < 4.78 is 5.78. The number of hydrogen-bond donors (Lipinski definition) is 2. The maximum Gasteiger partial charge on any atom is 0.229 e. The third kappa shape index (κ3) is 3.41. The van der Waals surface area contributed by atoms with Crippen molar-refractivity contribution in [3.63, 3.8) is 0 Å². The fourth-order valence-electron chi connectivity index (χ4n) is 2.42.